The molecule has 112 valence electrons. The molecule has 3 rings (SSSR count). The molecule has 0 aliphatic carbocycles. The molecule has 2 heterocycles. The second-order valence-electron chi connectivity index (χ2n) is 4.85. The van der Waals surface area contributed by atoms with Crippen LogP contribution in [0.25, 0.3) is 22.3 Å². The van der Waals surface area contributed by atoms with Crippen molar-refractivity contribution in [3.8, 4) is 22.3 Å². The molecular weight excluding hydrogens is 321 g/mol. The highest BCUT2D eigenvalue weighted by Crippen LogP contribution is 2.36. The molecular formula is C16H12FNO2S2. The smallest absolute Gasteiger partial charge is 0.175 e. The highest BCUT2D eigenvalue weighted by atomic mass is 32.2. The zero-order chi connectivity index (χ0) is 15.7. The lowest BCUT2D eigenvalue weighted by molar-refractivity contribution is 0.602. The number of thiophene rings is 1. The third kappa shape index (κ3) is 2.80. The van der Waals surface area contributed by atoms with Gasteiger partial charge in [0.25, 0.3) is 0 Å². The van der Waals surface area contributed by atoms with Crippen LogP contribution in [-0.2, 0) is 9.84 Å². The van der Waals surface area contributed by atoms with Crippen LogP contribution in [0, 0.1) is 5.82 Å². The Kier molecular flexibility index (Phi) is 3.80. The summed E-state index contributed by atoms with van der Waals surface area (Å²) in [5.41, 5.74) is 2.89. The van der Waals surface area contributed by atoms with Crippen LogP contribution >= 0.6 is 11.3 Å². The monoisotopic (exact) mass is 333 g/mol. The van der Waals surface area contributed by atoms with E-state index in [1.165, 1.54) is 36.1 Å². The summed E-state index contributed by atoms with van der Waals surface area (Å²) in [5, 5.41) is 3.77. The molecule has 0 atom stereocenters. The van der Waals surface area contributed by atoms with Crippen molar-refractivity contribution in [2.24, 2.45) is 0 Å². The van der Waals surface area contributed by atoms with Crippen molar-refractivity contribution in [2.75, 3.05) is 6.26 Å². The lowest BCUT2D eigenvalue weighted by atomic mass is 10.00. The molecule has 0 amide bonds. The van der Waals surface area contributed by atoms with Gasteiger partial charge >= 0.3 is 0 Å². The summed E-state index contributed by atoms with van der Waals surface area (Å²) in [6.45, 7) is 0. The fourth-order valence-electron chi connectivity index (χ4n) is 2.19. The Bertz CT molecular complexity index is 915. The van der Waals surface area contributed by atoms with Gasteiger partial charge in [0.2, 0.25) is 0 Å². The average molecular weight is 333 g/mol. The van der Waals surface area contributed by atoms with Gasteiger partial charge in [0.05, 0.1) is 4.90 Å². The second-order valence-corrected chi connectivity index (χ2v) is 7.61. The summed E-state index contributed by atoms with van der Waals surface area (Å²) in [5.74, 6) is -0.331. The average Bonchev–Trinajstić information content (AvgIpc) is 2.96. The Hall–Kier alpha value is -2.05. The van der Waals surface area contributed by atoms with E-state index < -0.39 is 9.84 Å². The first-order valence-corrected chi connectivity index (χ1v) is 9.27. The van der Waals surface area contributed by atoms with Crippen LogP contribution in [-0.4, -0.2) is 19.7 Å². The van der Waals surface area contributed by atoms with Crippen molar-refractivity contribution in [3.63, 3.8) is 0 Å². The molecule has 0 aliphatic rings. The van der Waals surface area contributed by atoms with E-state index in [0.29, 0.717) is 5.56 Å². The third-order valence-corrected chi connectivity index (χ3v) is 5.19. The number of benzene rings is 1. The zero-order valence-electron chi connectivity index (χ0n) is 11.7. The molecule has 2 aromatic heterocycles. The minimum atomic E-state index is -3.22. The van der Waals surface area contributed by atoms with Crippen molar-refractivity contribution < 1.29 is 12.8 Å². The first-order chi connectivity index (χ1) is 10.5. The quantitative estimate of drug-likeness (QED) is 0.727. The number of aromatic nitrogens is 1. The van der Waals surface area contributed by atoms with Crippen LogP contribution in [0.15, 0.2) is 58.4 Å². The van der Waals surface area contributed by atoms with E-state index in [1.54, 1.807) is 24.3 Å². The second kappa shape index (κ2) is 5.62. The molecule has 0 saturated heterocycles. The summed E-state index contributed by atoms with van der Waals surface area (Å²) >= 11 is 1.46. The molecule has 1 aromatic carbocycles. The molecule has 0 bridgehead atoms. The molecule has 0 fully saturated rings. The van der Waals surface area contributed by atoms with Gasteiger partial charge in [-0.1, -0.05) is 12.1 Å². The largest absolute Gasteiger partial charge is 0.264 e. The van der Waals surface area contributed by atoms with E-state index in [0.717, 1.165) is 16.7 Å². The van der Waals surface area contributed by atoms with Gasteiger partial charge < -0.3 is 0 Å². The van der Waals surface area contributed by atoms with E-state index >= 15 is 0 Å². The molecule has 0 unspecified atom stereocenters. The Balaban J connectivity index is 2.08. The summed E-state index contributed by atoms with van der Waals surface area (Å²) < 4.78 is 37.0. The Labute approximate surface area is 132 Å². The SMILES string of the molecule is CS(=O)(=O)c1ccc(-c2cscc2-c2cnccc2F)cc1. The minimum absolute atomic E-state index is 0.264. The normalized spacial score (nSPS) is 11.5. The standard InChI is InChI=1S/C16H12FNO2S2/c1-22(19,20)12-4-2-11(3-5-12)14-9-21-10-15(14)13-8-18-7-6-16(13)17/h2-10H,1H3. The van der Waals surface area contributed by atoms with E-state index in [4.69, 9.17) is 0 Å². The third-order valence-electron chi connectivity index (χ3n) is 3.31. The maximum Gasteiger partial charge on any atom is 0.175 e. The molecule has 0 aliphatic heterocycles. The number of rotatable bonds is 3. The van der Waals surface area contributed by atoms with Crippen LogP contribution in [0.5, 0.6) is 0 Å². The van der Waals surface area contributed by atoms with Gasteiger partial charge in [0.15, 0.2) is 9.84 Å². The van der Waals surface area contributed by atoms with Gasteiger partial charge in [-0.05, 0) is 34.5 Å². The lowest BCUT2D eigenvalue weighted by Crippen LogP contribution is -1.96. The van der Waals surface area contributed by atoms with Gasteiger partial charge in [0, 0.05) is 35.3 Å². The number of pyridine rings is 1. The Morgan fingerprint density at radius 2 is 1.68 bits per heavy atom. The van der Waals surface area contributed by atoms with E-state index in [2.05, 4.69) is 4.98 Å². The summed E-state index contributed by atoms with van der Waals surface area (Å²) in [6, 6.07) is 7.91. The molecule has 22 heavy (non-hydrogen) atoms. The van der Waals surface area contributed by atoms with Crippen LogP contribution in [0.2, 0.25) is 0 Å². The predicted molar refractivity (Wildman–Crippen MR) is 86.1 cm³/mol. The van der Waals surface area contributed by atoms with Gasteiger partial charge in [-0.2, -0.15) is 11.3 Å². The van der Waals surface area contributed by atoms with Crippen LogP contribution in [0.3, 0.4) is 0 Å². The first-order valence-electron chi connectivity index (χ1n) is 6.43. The van der Waals surface area contributed by atoms with Gasteiger partial charge in [0.1, 0.15) is 5.82 Å². The van der Waals surface area contributed by atoms with Crippen molar-refractivity contribution in [1.82, 2.24) is 4.98 Å². The molecule has 0 radical (unpaired) electrons. The van der Waals surface area contributed by atoms with Crippen molar-refractivity contribution in [1.29, 1.82) is 0 Å². The van der Waals surface area contributed by atoms with E-state index in [-0.39, 0.29) is 10.7 Å². The van der Waals surface area contributed by atoms with Gasteiger partial charge in [-0.25, -0.2) is 12.8 Å². The minimum Gasteiger partial charge on any atom is -0.264 e. The maximum absolute atomic E-state index is 14.0. The molecule has 0 spiro atoms. The highest BCUT2D eigenvalue weighted by molar-refractivity contribution is 7.90. The summed E-state index contributed by atoms with van der Waals surface area (Å²) in [7, 11) is -3.22. The number of halogens is 1. The Morgan fingerprint density at radius 1 is 1.00 bits per heavy atom. The van der Waals surface area contributed by atoms with Crippen molar-refractivity contribution in [2.45, 2.75) is 4.90 Å². The maximum atomic E-state index is 14.0. The Morgan fingerprint density at radius 3 is 2.32 bits per heavy atom. The highest BCUT2D eigenvalue weighted by Gasteiger charge is 2.13. The van der Waals surface area contributed by atoms with Crippen LogP contribution < -0.4 is 0 Å². The molecule has 0 saturated carbocycles. The van der Waals surface area contributed by atoms with Gasteiger partial charge in [-0.3, -0.25) is 4.98 Å². The lowest BCUT2D eigenvalue weighted by Gasteiger charge is -2.06. The predicted octanol–water partition coefficient (Wildman–Crippen LogP) is 4.02. The molecule has 3 aromatic rings. The van der Waals surface area contributed by atoms with Crippen molar-refractivity contribution >= 4 is 21.2 Å². The van der Waals surface area contributed by atoms with Crippen molar-refractivity contribution in [3.05, 3.63) is 59.3 Å². The topological polar surface area (TPSA) is 47.0 Å². The fraction of sp³-hybridized carbons (Fsp3) is 0.0625. The molecule has 6 heteroatoms. The summed E-state index contributed by atoms with van der Waals surface area (Å²) in [4.78, 5) is 4.23. The number of sulfone groups is 1. The first kappa shape index (κ1) is 14.9. The van der Waals surface area contributed by atoms with Crippen LogP contribution in [0.1, 0.15) is 0 Å². The van der Waals surface area contributed by atoms with Gasteiger partial charge in [-0.15, -0.1) is 0 Å². The number of hydrogen-bond donors (Lipinski definition) is 0. The number of hydrogen-bond acceptors (Lipinski definition) is 4. The van der Waals surface area contributed by atoms with E-state index in [1.807, 2.05) is 10.8 Å². The number of nitrogens with zero attached hydrogens (tertiary/aromatic N) is 1. The summed E-state index contributed by atoms with van der Waals surface area (Å²) in [6.07, 6.45) is 4.07. The fourth-order valence-corrected chi connectivity index (χ4v) is 3.67. The zero-order valence-corrected chi connectivity index (χ0v) is 13.3. The molecule has 0 N–H and O–H groups in total. The van der Waals surface area contributed by atoms with Crippen LogP contribution in [0.4, 0.5) is 4.39 Å². The molecule has 3 nitrogen and oxygen atoms in total. The van der Waals surface area contributed by atoms with E-state index in [9.17, 15) is 12.8 Å².